The number of pyridine rings is 1. The molecule has 0 atom stereocenters. The lowest BCUT2D eigenvalue weighted by molar-refractivity contribution is -0.131. The molecule has 1 fully saturated rings. The van der Waals surface area contributed by atoms with E-state index in [-0.39, 0.29) is 5.91 Å². The van der Waals surface area contributed by atoms with Crippen molar-refractivity contribution < 1.29 is 9.90 Å². The van der Waals surface area contributed by atoms with Gasteiger partial charge in [0.25, 0.3) is 0 Å². The number of hydrogen-bond donors (Lipinski definition) is 1. The number of hydrogen-bond acceptors (Lipinski definition) is 4. The van der Waals surface area contributed by atoms with Gasteiger partial charge < -0.3 is 10.0 Å². The van der Waals surface area contributed by atoms with E-state index in [1.165, 1.54) is 0 Å². The summed E-state index contributed by atoms with van der Waals surface area (Å²) in [7, 11) is 3.52. The maximum atomic E-state index is 11.7. The first-order valence-corrected chi connectivity index (χ1v) is 6.57. The smallest absolute Gasteiger partial charge is 0.236 e. The Labute approximate surface area is 113 Å². The van der Waals surface area contributed by atoms with E-state index < -0.39 is 5.60 Å². The third kappa shape index (κ3) is 3.30. The molecule has 5 nitrogen and oxygen atoms in total. The van der Waals surface area contributed by atoms with Gasteiger partial charge in [0.2, 0.25) is 5.91 Å². The lowest BCUT2D eigenvalue weighted by Crippen LogP contribution is -2.46. The molecule has 1 aromatic rings. The largest absolute Gasteiger partial charge is 0.385 e. The number of nitrogens with zero attached hydrogens (tertiary/aromatic N) is 3. The summed E-state index contributed by atoms with van der Waals surface area (Å²) in [6.07, 6.45) is 4.71. The molecule has 0 unspecified atom stereocenters. The SMILES string of the molecule is CN(C)C(=O)CN1CCC(O)(c2cccnc2)CC1. The summed E-state index contributed by atoms with van der Waals surface area (Å²) < 4.78 is 0. The van der Waals surface area contributed by atoms with E-state index in [4.69, 9.17) is 0 Å². The van der Waals surface area contributed by atoms with Gasteiger partial charge in [0.1, 0.15) is 0 Å². The number of likely N-dealkylation sites (tertiary alicyclic amines) is 1. The fourth-order valence-electron chi connectivity index (χ4n) is 2.34. The highest BCUT2D eigenvalue weighted by Gasteiger charge is 2.34. The first-order valence-electron chi connectivity index (χ1n) is 6.57. The molecule has 0 bridgehead atoms. The van der Waals surface area contributed by atoms with Crippen LogP contribution in [0.25, 0.3) is 0 Å². The summed E-state index contributed by atoms with van der Waals surface area (Å²) in [5.74, 6) is 0.104. The van der Waals surface area contributed by atoms with Crippen molar-refractivity contribution in [2.45, 2.75) is 18.4 Å². The average molecular weight is 263 g/mol. The summed E-state index contributed by atoms with van der Waals surface area (Å²) in [6.45, 7) is 1.88. The number of rotatable bonds is 3. The molecule has 1 saturated heterocycles. The zero-order chi connectivity index (χ0) is 13.9. The lowest BCUT2D eigenvalue weighted by atomic mass is 9.85. The second-order valence-corrected chi connectivity index (χ2v) is 5.34. The van der Waals surface area contributed by atoms with Crippen molar-refractivity contribution in [3.63, 3.8) is 0 Å². The molecule has 2 heterocycles. The van der Waals surface area contributed by atoms with Gasteiger partial charge in [-0.1, -0.05) is 6.07 Å². The molecule has 0 aromatic carbocycles. The molecular weight excluding hydrogens is 242 g/mol. The Hall–Kier alpha value is -1.46. The van der Waals surface area contributed by atoms with Gasteiger partial charge in [-0.15, -0.1) is 0 Å². The highest BCUT2D eigenvalue weighted by Crippen LogP contribution is 2.32. The van der Waals surface area contributed by atoms with Crippen LogP contribution in [-0.2, 0) is 10.4 Å². The van der Waals surface area contributed by atoms with Crippen LogP contribution in [0, 0.1) is 0 Å². The second-order valence-electron chi connectivity index (χ2n) is 5.34. The van der Waals surface area contributed by atoms with Crippen LogP contribution in [0.15, 0.2) is 24.5 Å². The minimum Gasteiger partial charge on any atom is -0.385 e. The van der Waals surface area contributed by atoms with Crippen molar-refractivity contribution in [3.8, 4) is 0 Å². The molecule has 0 radical (unpaired) electrons. The third-order valence-corrected chi connectivity index (χ3v) is 3.74. The molecule has 1 amide bonds. The Morgan fingerprint density at radius 3 is 2.68 bits per heavy atom. The first kappa shape index (κ1) is 14.0. The predicted molar refractivity (Wildman–Crippen MR) is 72.5 cm³/mol. The van der Waals surface area contributed by atoms with Crippen molar-refractivity contribution in [3.05, 3.63) is 30.1 Å². The van der Waals surface area contributed by atoms with Gasteiger partial charge >= 0.3 is 0 Å². The van der Waals surface area contributed by atoms with E-state index >= 15 is 0 Å². The predicted octanol–water partition coefficient (Wildman–Crippen LogP) is 0.453. The van der Waals surface area contributed by atoms with Gasteiger partial charge in [-0.2, -0.15) is 0 Å². The Morgan fingerprint density at radius 1 is 1.47 bits per heavy atom. The van der Waals surface area contributed by atoms with Crippen molar-refractivity contribution in [2.24, 2.45) is 0 Å². The van der Waals surface area contributed by atoms with Gasteiger partial charge in [-0.3, -0.25) is 14.7 Å². The zero-order valence-corrected chi connectivity index (χ0v) is 11.5. The highest BCUT2D eigenvalue weighted by atomic mass is 16.3. The molecule has 19 heavy (non-hydrogen) atoms. The highest BCUT2D eigenvalue weighted by molar-refractivity contribution is 5.77. The van der Waals surface area contributed by atoms with Gasteiger partial charge in [-0.05, 0) is 18.9 Å². The number of aliphatic hydroxyl groups is 1. The summed E-state index contributed by atoms with van der Waals surface area (Å²) in [5.41, 5.74) is 0.0694. The Bertz CT molecular complexity index is 426. The molecule has 1 aliphatic heterocycles. The number of amides is 1. The van der Waals surface area contributed by atoms with Crippen molar-refractivity contribution >= 4 is 5.91 Å². The minimum absolute atomic E-state index is 0.104. The van der Waals surface area contributed by atoms with Crippen LogP contribution in [0.2, 0.25) is 0 Å². The maximum absolute atomic E-state index is 11.7. The van der Waals surface area contributed by atoms with Crippen molar-refractivity contribution in [1.82, 2.24) is 14.8 Å². The lowest BCUT2D eigenvalue weighted by Gasteiger charge is -2.38. The van der Waals surface area contributed by atoms with E-state index in [1.54, 1.807) is 31.4 Å². The Morgan fingerprint density at radius 2 is 2.16 bits per heavy atom. The third-order valence-electron chi connectivity index (χ3n) is 3.74. The second kappa shape index (κ2) is 5.67. The average Bonchev–Trinajstić information content (AvgIpc) is 2.42. The Kier molecular flexibility index (Phi) is 4.17. The van der Waals surface area contributed by atoms with Gasteiger partial charge in [0.05, 0.1) is 12.1 Å². The quantitative estimate of drug-likeness (QED) is 0.860. The van der Waals surface area contributed by atoms with Crippen LogP contribution in [0.5, 0.6) is 0 Å². The monoisotopic (exact) mass is 263 g/mol. The molecule has 5 heteroatoms. The topological polar surface area (TPSA) is 56.7 Å². The van der Waals surface area contributed by atoms with E-state index in [0.29, 0.717) is 19.4 Å². The van der Waals surface area contributed by atoms with Crippen LogP contribution in [0.1, 0.15) is 18.4 Å². The normalized spacial score (nSPS) is 19.1. The zero-order valence-electron chi connectivity index (χ0n) is 11.5. The fourth-order valence-corrected chi connectivity index (χ4v) is 2.34. The molecule has 104 valence electrons. The van der Waals surface area contributed by atoms with Gasteiger partial charge in [0.15, 0.2) is 0 Å². The number of aromatic nitrogens is 1. The number of carbonyl (C=O) groups excluding carboxylic acids is 1. The molecule has 1 aromatic heterocycles. The molecule has 2 rings (SSSR count). The fraction of sp³-hybridized carbons (Fsp3) is 0.571. The Balaban J connectivity index is 1.94. The van der Waals surface area contributed by atoms with E-state index in [2.05, 4.69) is 9.88 Å². The molecular formula is C14H21N3O2. The molecule has 1 aliphatic rings. The van der Waals surface area contributed by atoms with E-state index in [9.17, 15) is 9.90 Å². The minimum atomic E-state index is -0.800. The van der Waals surface area contributed by atoms with E-state index in [1.807, 2.05) is 12.1 Å². The van der Waals surface area contributed by atoms with Crippen molar-refractivity contribution in [1.29, 1.82) is 0 Å². The summed E-state index contributed by atoms with van der Waals surface area (Å²) in [6, 6.07) is 3.75. The summed E-state index contributed by atoms with van der Waals surface area (Å²) in [4.78, 5) is 19.4. The van der Waals surface area contributed by atoms with Crippen LogP contribution in [0.3, 0.4) is 0 Å². The van der Waals surface area contributed by atoms with Crippen LogP contribution < -0.4 is 0 Å². The number of carbonyl (C=O) groups is 1. The summed E-state index contributed by atoms with van der Waals surface area (Å²) >= 11 is 0. The van der Waals surface area contributed by atoms with Gasteiger partial charge in [0, 0.05) is 45.1 Å². The summed E-state index contributed by atoms with van der Waals surface area (Å²) in [5, 5.41) is 10.6. The van der Waals surface area contributed by atoms with Crippen LogP contribution >= 0.6 is 0 Å². The van der Waals surface area contributed by atoms with Crippen molar-refractivity contribution in [2.75, 3.05) is 33.7 Å². The molecule has 0 aliphatic carbocycles. The molecule has 1 N–H and O–H groups in total. The molecule has 0 spiro atoms. The van der Waals surface area contributed by atoms with Crippen LogP contribution in [-0.4, -0.2) is 59.5 Å². The standard InChI is InChI=1S/C14H21N3O2/c1-16(2)13(18)11-17-8-5-14(19,6-9-17)12-4-3-7-15-10-12/h3-4,7,10,19H,5-6,8-9,11H2,1-2H3. The molecule has 0 saturated carbocycles. The maximum Gasteiger partial charge on any atom is 0.236 e. The first-order chi connectivity index (χ1) is 9.01. The van der Waals surface area contributed by atoms with Crippen LogP contribution in [0.4, 0.5) is 0 Å². The van der Waals surface area contributed by atoms with E-state index in [0.717, 1.165) is 18.7 Å². The number of piperidine rings is 1. The van der Waals surface area contributed by atoms with Gasteiger partial charge in [-0.25, -0.2) is 0 Å². The number of likely N-dealkylation sites (N-methyl/N-ethyl adjacent to an activating group) is 1.